The van der Waals surface area contributed by atoms with Crippen LogP contribution < -0.4 is 5.73 Å². The SMILES string of the molecule is CCCC(CN)N1CCN(S(=O)(=O)N(CC)CC)CC1. The highest BCUT2D eigenvalue weighted by atomic mass is 32.2. The maximum atomic E-state index is 12.4. The molecule has 0 aliphatic carbocycles. The fourth-order valence-corrected chi connectivity index (χ4v) is 4.40. The Bertz CT molecular complexity index is 363. The van der Waals surface area contributed by atoms with Crippen LogP contribution in [0.1, 0.15) is 33.6 Å². The van der Waals surface area contributed by atoms with Crippen LogP contribution in [0.5, 0.6) is 0 Å². The fraction of sp³-hybridized carbons (Fsp3) is 1.00. The molecule has 0 spiro atoms. The summed E-state index contributed by atoms with van der Waals surface area (Å²) in [6.07, 6.45) is 2.19. The molecule has 2 N–H and O–H groups in total. The summed E-state index contributed by atoms with van der Waals surface area (Å²) < 4.78 is 28.0. The first-order valence-corrected chi connectivity index (χ1v) is 9.10. The van der Waals surface area contributed by atoms with Gasteiger partial charge in [-0.15, -0.1) is 0 Å². The van der Waals surface area contributed by atoms with Gasteiger partial charge in [-0.05, 0) is 6.42 Å². The summed E-state index contributed by atoms with van der Waals surface area (Å²) in [7, 11) is -3.28. The van der Waals surface area contributed by atoms with Crippen molar-refractivity contribution >= 4 is 10.2 Å². The molecule has 1 heterocycles. The van der Waals surface area contributed by atoms with Crippen LogP contribution in [0, 0.1) is 0 Å². The average molecular weight is 306 g/mol. The predicted molar refractivity (Wildman–Crippen MR) is 82.7 cm³/mol. The molecule has 7 heteroatoms. The van der Waals surface area contributed by atoms with Crippen LogP contribution in [0.15, 0.2) is 0 Å². The zero-order valence-corrected chi connectivity index (χ0v) is 13.9. The molecule has 120 valence electrons. The zero-order valence-electron chi connectivity index (χ0n) is 13.1. The summed E-state index contributed by atoms with van der Waals surface area (Å²) in [5.41, 5.74) is 5.82. The third-order valence-corrected chi connectivity index (χ3v) is 6.23. The minimum atomic E-state index is -3.28. The highest BCUT2D eigenvalue weighted by Gasteiger charge is 2.32. The lowest BCUT2D eigenvalue weighted by atomic mass is 10.1. The second kappa shape index (κ2) is 8.29. The monoisotopic (exact) mass is 306 g/mol. The van der Waals surface area contributed by atoms with Gasteiger partial charge in [-0.3, -0.25) is 4.90 Å². The Morgan fingerprint density at radius 2 is 1.65 bits per heavy atom. The first kappa shape index (κ1) is 17.8. The first-order valence-electron chi connectivity index (χ1n) is 7.70. The van der Waals surface area contributed by atoms with Crippen LogP contribution in [0.4, 0.5) is 0 Å². The molecule has 20 heavy (non-hydrogen) atoms. The van der Waals surface area contributed by atoms with Crippen molar-refractivity contribution in [2.75, 3.05) is 45.8 Å². The number of hydrogen-bond acceptors (Lipinski definition) is 4. The molecule has 1 rings (SSSR count). The van der Waals surface area contributed by atoms with Gasteiger partial charge >= 0.3 is 0 Å². The molecule has 0 aromatic heterocycles. The molecule has 1 aliphatic rings. The van der Waals surface area contributed by atoms with Crippen LogP contribution >= 0.6 is 0 Å². The molecule has 0 saturated carbocycles. The summed E-state index contributed by atoms with van der Waals surface area (Å²) in [4.78, 5) is 2.33. The van der Waals surface area contributed by atoms with E-state index in [1.807, 2.05) is 13.8 Å². The van der Waals surface area contributed by atoms with E-state index in [4.69, 9.17) is 5.73 Å². The van der Waals surface area contributed by atoms with E-state index in [0.29, 0.717) is 38.8 Å². The largest absolute Gasteiger partial charge is 0.329 e. The molecule has 1 saturated heterocycles. The minimum Gasteiger partial charge on any atom is -0.329 e. The van der Waals surface area contributed by atoms with Gasteiger partial charge < -0.3 is 5.73 Å². The summed E-state index contributed by atoms with van der Waals surface area (Å²) in [5, 5.41) is 0. The van der Waals surface area contributed by atoms with E-state index < -0.39 is 10.2 Å². The topological polar surface area (TPSA) is 69.9 Å². The molecule has 0 aromatic carbocycles. The van der Waals surface area contributed by atoms with Crippen LogP contribution in [-0.4, -0.2) is 73.8 Å². The predicted octanol–water partition coefficient (Wildman–Crippen LogP) is 0.318. The van der Waals surface area contributed by atoms with Crippen molar-refractivity contribution < 1.29 is 8.42 Å². The van der Waals surface area contributed by atoms with Gasteiger partial charge in [0.25, 0.3) is 10.2 Å². The van der Waals surface area contributed by atoms with Gasteiger partial charge in [0.15, 0.2) is 0 Å². The van der Waals surface area contributed by atoms with E-state index in [0.717, 1.165) is 25.9 Å². The zero-order chi connectivity index (χ0) is 15.2. The minimum absolute atomic E-state index is 0.387. The first-order chi connectivity index (χ1) is 9.51. The van der Waals surface area contributed by atoms with E-state index in [-0.39, 0.29) is 0 Å². The van der Waals surface area contributed by atoms with E-state index in [9.17, 15) is 8.42 Å². The number of hydrogen-bond donors (Lipinski definition) is 1. The van der Waals surface area contributed by atoms with Crippen molar-refractivity contribution in [3.63, 3.8) is 0 Å². The van der Waals surface area contributed by atoms with Gasteiger partial charge in [-0.1, -0.05) is 27.2 Å². The molecular formula is C13H30N4O2S. The van der Waals surface area contributed by atoms with E-state index in [1.165, 1.54) is 4.31 Å². The van der Waals surface area contributed by atoms with Crippen LogP contribution in [0.25, 0.3) is 0 Å². The van der Waals surface area contributed by atoms with Crippen molar-refractivity contribution in [1.82, 2.24) is 13.5 Å². The summed E-state index contributed by atoms with van der Waals surface area (Å²) in [5.74, 6) is 0. The number of rotatable bonds is 8. The number of nitrogens with two attached hydrogens (primary N) is 1. The normalized spacial score (nSPS) is 20.4. The molecule has 1 fully saturated rings. The van der Waals surface area contributed by atoms with Crippen molar-refractivity contribution in [3.05, 3.63) is 0 Å². The Morgan fingerprint density at radius 1 is 1.10 bits per heavy atom. The number of piperazine rings is 1. The van der Waals surface area contributed by atoms with Crippen molar-refractivity contribution in [2.24, 2.45) is 5.73 Å². The van der Waals surface area contributed by atoms with E-state index in [1.54, 1.807) is 4.31 Å². The third kappa shape index (κ3) is 4.14. The lowest BCUT2D eigenvalue weighted by molar-refractivity contribution is 0.130. The standard InChI is InChI=1S/C13H30N4O2S/c1-4-7-13(12-14)15-8-10-17(11-9-15)20(18,19)16(5-2)6-3/h13H,4-12,14H2,1-3H3. The van der Waals surface area contributed by atoms with Crippen LogP contribution in [0.2, 0.25) is 0 Å². The molecule has 0 radical (unpaired) electrons. The summed E-state index contributed by atoms with van der Waals surface area (Å²) in [6, 6.07) is 0.387. The molecular weight excluding hydrogens is 276 g/mol. The fourth-order valence-electron chi connectivity index (χ4n) is 2.80. The van der Waals surface area contributed by atoms with Crippen molar-refractivity contribution in [2.45, 2.75) is 39.7 Å². The molecule has 0 aromatic rings. The quantitative estimate of drug-likeness (QED) is 0.701. The molecule has 1 aliphatic heterocycles. The highest BCUT2D eigenvalue weighted by molar-refractivity contribution is 7.86. The van der Waals surface area contributed by atoms with Gasteiger partial charge in [-0.25, -0.2) is 0 Å². The lowest BCUT2D eigenvalue weighted by Gasteiger charge is -2.39. The summed E-state index contributed by atoms with van der Waals surface area (Å²) in [6.45, 7) is 10.3. The Morgan fingerprint density at radius 3 is 2.05 bits per heavy atom. The van der Waals surface area contributed by atoms with E-state index in [2.05, 4.69) is 11.8 Å². The highest BCUT2D eigenvalue weighted by Crippen LogP contribution is 2.15. The van der Waals surface area contributed by atoms with Crippen LogP contribution in [0.3, 0.4) is 0 Å². The van der Waals surface area contributed by atoms with Gasteiger partial charge in [0, 0.05) is 51.9 Å². The second-order valence-corrected chi connectivity index (χ2v) is 7.13. The maximum absolute atomic E-state index is 12.4. The van der Waals surface area contributed by atoms with Crippen molar-refractivity contribution in [3.8, 4) is 0 Å². The van der Waals surface area contributed by atoms with Gasteiger partial charge in [0.05, 0.1) is 0 Å². The molecule has 0 amide bonds. The van der Waals surface area contributed by atoms with Crippen molar-refractivity contribution in [1.29, 1.82) is 0 Å². The van der Waals surface area contributed by atoms with E-state index >= 15 is 0 Å². The Kier molecular flexibility index (Phi) is 7.39. The lowest BCUT2D eigenvalue weighted by Crippen LogP contribution is -2.56. The maximum Gasteiger partial charge on any atom is 0.282 e. The smallest absolute Gasteiger partial charge is 0.282 e. The average Bonchev–Trinajstić information content (AvgIpc) is 2.46. The summed E-state index contributed by atoms with van der Waals surface area (Å²) >= 11 is 0. The molecule has 6 nitrogen and oxygen atoms in total. The Labute approximate surface area is 124 Å². The number of nitrogens with zero attached hydrogens (tertiary/aromatic N) is 3. The Hall–Kier alpha value is -0.210. The van der Waals surface area contributed by atoms with Gasteiger partial charge in [0.1, 0.15) is 0 Å². The van der Waals surface area contributed by atoms with Gasteiger partial charge in [0.2, 0.25) is 0 Å². The molecule has 1 unspecified atom stereocenters. The van der Waals surface area contributed by atoms with Crippen LogP contribution in [-0.2, 0) is 10.2 Å². The molecule has 1 atom stereocenters. The van der Waals surface area contributed by atoms with Gasteiger partial charge in [-0.2, -0.15) is 17.0 Å². The Balaban J connectivity index is 2.61. The molecule has 0 bridgehead atoms. The second-order valence-electron chi connectivity index (χ2n) is 5.21. The third-order valence-electron chi connectivity index (χ3n) is 4.04.